The van der Waals surface area contributed by atoms with Crippen LogP contribution in [0.3, 0.4) is 0 Å². The first-order valence-electron chi connectivity index (χ1n) is 19.4. The molecule has 6 rings (SSSR count). The van der Waals surface area contributed by atoms with Crippen LogP contribution in [-0.2, 0) is 33.3 Å². The smallest absolute Gasteiger partial charge is 0.407 e. The molecule has 2 bridgehead atoms. The van der Waals surface area contributed by atoms with Crippen molar-refractivity contribution in [1.82, 2.24) is 10.5 Å². The van der Waals surface area contributed by atoms with Gasteiger partial charge in [-0.05, 0) is 75.5 Å². The predicted octanol–water partition coefficient (Wildman–Crippen LogP) is 4.01. The number of nitrogens with one attached hydrogen (secondary N) is 1. The highest BCUT2D eigenvalue weighted by molar-refractivity contribution is 6.26. The first-order chi connectivity index (χ1) is 26.2. The first-order valence-corrected chi connectivity index (χ1v) is 19.4. The number of ketones is 1. The molecule has 15 nitrogen and oxygen atoms in total. The fourth-order valence-corrected chi connectivity index (χ4v) is 10.8. The lowest BCUT2D eigenvalue weighted by Crippen LogP contribution is -2.68. The van der Waals surface area contributed by atoms with Gasteiger partial charge in [0, 0.05) is 30.1 Å². The maximum atomic E-state index is 14.9. The van der Waals surface area contributed by atoms with Gasteiger partial charge in [-0.2, -0.15) is 0 Å². The van der Waals surface area contributed by atoms with E-state index >= 15 is 0 Å². The van der Waals surface area contributed by atoms with Crippen molar-refractivity contribution < 1.29 is 63.9 Å². The van der Waals surface area contributed by atoms with Gasteiger partial charge < -0.3 is 39.6 Å². The Morgan fingerprint density at radius 2 is 1.75 bits per heavy atom. The van der Waals surface area contributed by atoms with Gasteiger partial charge in [-0.25, -0.2) is 9.59 Å². The van der Waals surface area contributed by atoms with Gasteiger partial charge in [0.25, 0.3) is 0 Å². The van der Waals surface area contributed by atoms with Crippen LogP contribution < -0.4 is 5.32 Å². The molecule has 0 aromatic carbocycles. The second kappa shape index (κ2) is 15.2. The van der Waals surface area contributed by atoms with Crippen molar-refractivity contribution in [2.45, 2.75) is 122 Å². The standard InChI is InChI=1S/C41H56N2O13/c1-19-9-12-29(55-30-17-39(6,43(51)52)34(23(5)54-30)42-38(50)53-8)20(2)14-27-28(45)15-24(18-44)16-41(27)36(48)31(37(49)56-41)35(47)40(7)26(19)11-10-25-32(40)21(3)13-22(4)33(25)46/h9-11,14-15,18,21-23,25-30,32-34,45-47,51-52H,12-13,16-17H2,1-8H3,(H,42,50). The lowest BCUT2D eigenvalue weighted by Gasteiger charge is -2.55. The van der Waals surface area contributed by atoms with E-state index in [9.17, 15) is 44.9 Å². The van der Waals surface area contributed by atoms with Gasteiger partial charge in [-0.1, -0.05) is 55.9 Å². The van der Waals surface area contributed by atoms with E-state index in [2.05, 4.69) is 5.32 Å². The zero-order valence-corrected chi connectivity index (χ0v) is 33.2. The van der Waals surface area contributed by atoms with Crippen LogP contribution in [0.25, 0.3) is 0 Å². The van der Waals surface area contributed by atoms with Crippen molar-refractivity contribution in [3.8, 4) is 0 Å². The zero-order chi connectivity index (χ0) is 41.2. The average Bonchev–Trinajstić information content (AvgIpc) is 3.38. The topological polar surface area (TPSA) is 222 Å². The second-order valence-corrected chi connectivity index (χ2v) is 17.3. The number of nitrogens with zero attached hydrogens (tertiary/aromatic N) is 1. The number of aldehydes is 1. The molecule has 0 aromatic rings. The molecular weight excluding hydrogens is 728 g/mol. The fourth-order valence-electron chi connectivity index (χ4n) is 10.8. The Balaban J connectivity index is 1.51. The lowest BCUT2D eigenvalue weighted by atomic mass is 9.49. The summed E-state index contributed by atoms with van der Waals surface area (Å²) in [5.74, 6) is -5.02. The summed E-state index contributed by atoms with van der Waals surface area (Å²) in [6.45, 7) is 12.6. The third-order valence-corrected chi connectivity index (χ3v) is 13.8. The highest BCUT2D eigenvalue weighted by Crippen LogP contribution is 2.60. The van der Waals surface area contributed by atoms with Crippen LogP contribution >= 0.6 is 0 Å². The van der Waals surface area contributed by atoms with E-state index in [0.717, 1.165) is 5.57 Å². The number of amides is 1. The van der Waals surface area contributed by atoms with Crippen LogP contribution in [0.5, 0.6) is 0 Å². The number of hydrogen-bond donors (Lipinski definition) is 6. The van der Waals surface area contributed by atoms with E-state index in [0.29, 0.717) is 18.3 Å². The Morgan fingerprint density at radius 1 is 1.05 bits per heavy atom. The molecule has 2 heterocycles. The molecule has 3 fully saturated rings. The molecule has 0 aromatic heterocycles. The molecule has 1 spiro atoms. The second-order valence-electron chi connectivity index (χ2n) is 17.3. The SMILES string of the molecule is COC(=O)NC1C(C)OC(OC2CC=C(C)C3C=CC4C(O)C(C)CC(C)C4C3(C)C(O)=C3C(=O)OC4(CC(C=O)=CC(O)C4C=C2C)C3=O)CC1(C)N(O)O. The van der Waals surface area contributed by atoms with Crippen molar-refractivity contribution in [2.24, 2.45) is 40.9 Å². The first kappa shape index (κ1) is 41.9. The van der Waals surface area contributed by atoms with E-state index in [4.69, 9.17) is 18.9 Å². The van der Waals surface area contributed by atoms with E-state index < -0.39 is 106 Å². The summed E-state index contributed by atoms with van der Waals surface area (Å²) >= 11 is 0. The van der Waals surface area contributed by atoms with E-state index in [1.54, 1.807) is 19.9 Å². The molecule has 6 N–H and O–H groups in total. The minimum atomic E-state index is -2.08. The summed E-state index contributed by atoms with van der Waals surface area (Å²) in [6.07, 6.45) is 3.88. The summed E-state index contributed by atoms with van der Waals surface area (Å²) in [4.78, 5) is 53.3. The molecule has 15 unspecified atom stereocenters. The van der Waals surface area contributed by atoms with Crippen LogP contribution in [0.4, 0.5) is 4.79 Å². The number of methoxy groups -OCH3 is 1. The molecule has 4 aliphatic carbocycles. The highest BCUT2D eigenvalue weighted by atomic mass is 16.8. The van der Waals surface area contributed by atoms with Crippen LogP contribution in [0.2, 0.25) is 0 Å². The third-order valence-electron chi connectivity index (χ3n) is 13.8. The Hall–Kier alpha value is -3.70. The zero-order valence-electron chi connectivity index (χ0n) is 33.2. The molecule has 15 heteroatoms. The highest BCUT2D eigenvalue weighted by Gasteiger charge is 2.64. The number of hydroxylamine groups is 2. The molecule has 1 amide bonds. The number of ether oxygens (including phenoxy) is 4. The van der Waals surface area contributed by atoms with Crippen molar-refractivity contribution in [3.63, 3.8) is 0 Å². The molecule has 308 valence electrons. The summed E-state index contributed by atoms with van der Waals surface area (Å²) in [7, 11) is 1.18. The number of esters is 1. The largest absolute Gasteiger partial charge is 0.511 e. The summed E-state index contributed by atoms with van der Waals surface area (Å²) in [6, 6.07) is -0.944. The Morgan fingerprint density at radius 3 is 2.39 bits per heavy atom. The maximum Gasteiger partial charge on any atom is 0.407 e. The number of allylic oxidation sites excluding steroid dienone is 3. The van der Waals surface area contributed by atoms with Gasteiger partial charge in [0.15, 0.2) is 11.9 Å². The number of hydrogen-bond acceptors (Lipinski definition) is 14. The summed E-state index contributed by atoms with van der Waals surface area (Å²) in [5, 5.41) is 59.0. The average molecular weight is 785 g/mol. The molecule has 2 saturated heterocycles. The van der Waals surface area contributed by atoms with Gasteiger partial charge in [0.2, 0.25) is 5.78 Å². The molecule has 2 aliphatic heterocycles. The normalized spacial score (nSPS) is 44.1. The number of carbonyl (C=O) groups excluding carboxylic acids is 4. The molecule has 6 aliphatic rings. The molecule has 15 atom stereocenters. The Labute approximate surface area is 326 Å². The van der Waals surface area contributed by atoms with Crippen LogP contribution in [0.1, 0.15) is 74.1 Å². The quantitative estimate of drug-likeness (QED) is 0.0763. The summed E-state index contributed by atoms with van der Waals surface area (Å²) in [5.41, 5.74) is -4.07. The third kappa shape index (κ3) is 6.68. The van der Waals surface area contributed by atoms with Gasteiger partial charge in [-0.15, -0.1) is 0 Å². The Kier molecular flexibility index (Phi) is 11.4. The number of fused-ring (bicyclic) bond motifs is 4. The van der Waals surface area contributed by atoms with Crippen LogP contribution in [0, 0.1) is 40.9 Å². The van der Waals surface area contributed by atoms with Crippen molar-refractivity contribution in [2.75, 3.05) is 7.11 Å². The number of rotatable bonds is 5. The maximum absolute atomic E-state index is 14.9. The molecular formula is C41H56N2O13. The predicted molar refractivity (Wildman–Crippen MR) is 198 cm³/mol. The summed E-state index contributed by atoms with van der Waals surface area (Å²) < 4.78 is 23.6. The van der Waals surface area contributed by atoms with E-state index in [1.807, 2.05) is 45.9 Å². The van der Waals surface area contributed by atoms with Gasteiger partial charge in [0.05, 0.1) is 49.0 Å². The minimum absolute atomic E-state index is 0.0178. The number of alkyl carbamates (subject to hydrolysis) is 1. The van der Waals surface area contributed by atoms with E-state index in [-0.39, 0.29) is 41.9 Å². The van der Waals surface area contributed by atoms with Crippen molar-refractivity contribution in [3.05, 3.63) is 58.4 Å². The number of carbonyl (C=O) groups is 4. The molecule has 56 heavy (non-hydrogen) atoms. The lowest BCUT2D eigenvalue weighted by molar-refractivity contribution is -0.390. The monoisotopic (exact) mass is 784 g/mol. The van der Waals surface area contributed by atoms with Crippen molar-refractivity contribution in [1.29, 1.82) is 0 Å². The van der Waals surface area contributed by atoms with Gasteiger partial charge in [0.1, 0.15) is 17.6 Å². The minimum Gasteiger partial charge on any atom is -0.511 e. The number of aliphatic hydroxyl groups excluding tert-OH is 3. The Bertz CT molecular complexity index is 1780. The van der Waals surface area contributed by atoms with Crippen LogP contribution in [-0.4, -0.2) is 110 Å². The molecule has 0 radical (unpaired) electrons. The van der Waals surface area contributed by atoms with Crippen molar-refractivity contribution >= 4 is 24.1 Å². The van der Waals surface area contributed by atoms with Gasteiger partial charge >= 0.3 is 12.1 Å². The van der Waals surface area contributed by atoms with Crippen LogP contribution in [0.15, 0.2) is 58.4 Å². The fraction of sp³-hybridized carbons (Fsp3) is 0.659. The number of aliphatic hydroxyl groups is 3. The van der Waals surface area contributed by atoms with E-state index in [1.165, 1.54) is 20.1 Å². The number of Topliss-reactive ketones (excluding diaryl/α,β-unsaturated/α-hetero) is 1. The molecule has 1 saturated carbocycles. The van der Waals surface area contributed by atoms with Gasteiger partial charge in [-0.3, -0.25) is 20.0 Å².